The summed E-state index contributed by atoms with van der Waals surface area (Å²) in [6.07, 6.45) is 0. The number of carbonyl (C=O) groups excluding carboxylic acids is 2. The monoisotopic (exact) mass is 393 g/mol. The first-order valence-electron chi connectivity index (χ1n) is 8.32. The molecular formula is C17H23N5O2S2. The number of hydrogen-bond donors (Lipinski definition) is 2. The molecule has 0 spiro atoms. The zero-order chi connectivity index (χ0) is 19.1. The molecule has 1 heterocycles. The lowest BCUT2D eigenvalue weighted by Gasteiger charge is -2.17. The predicted molar refractivity (Wildman–Crippen MR) is 107 cm³/mol. The number of nitrogens with zero attached hydrogens (tertiary/aromatic N) is 3. The lowest BCUT2D eigenvalue weighted by Crippen LogP contribution is -2.31. The average Bonchev–Trinajstić information content (AvgIpc) is 3.04. The molecule has 9 heteroatoms. The quantitative estimate of drug-likeness (QED) is 0.552. The molecule has 0 saturated carbocycles. The normalized spacial score (nSPS) is 10.5. The maximum Gasteiger partial charge on any atom is 0.325 e. The van der Waals surface area contributed by atoms with E-state index in [-0.39, 0.29) is 11.9 Å². The van der Waals surface area contributed by atoms with Gasteiger partial charge in [0.1, 0.15) is 0 Å². The first-order chi connectivity index (χ1) is 12.4. The maximum absolute atomic E-state index is 12.1. The van der Waals surface area contributed by atoms with Gasteiger partial charge >= 0.3 is 6.03 Å². The van der Waals surface area contributed by atoms with Gasteiger partial charge < -0.3 is 10.2 Å². The van der Waals surface area contributed by atoms with Gasteiger partial charge in [0.05, 0.1) is 5.75 Å². The molecule has 0 saturated heterocycles. The molecule has 0 aliphatic rings. The summed E-state index contributed by atoms with van der Waals surface area (Å²) in [5.41, 5.74) is 2.99. The van der Waals surface area contributed by atoms with Crippen molar-refractivity contribution in [3.05, 3.63) is 29.3 Å². The number of anilines is 2. The Hall–Kier alpha value is -2.13. The van der Waals surface area contributed by atoms with Crippen LogP contribution in [0.3, 0.4) is 0 Å². The van der Waals surface area contributed by atoms with Crippen LogP contribution in [0.15, 0.2) is 22.5 Å². The largest absolute Gasteiger partial charge is 0.343 e. The van der Waals surface area contributed by atoms with Crippen LogP contribution in [-0.4, -0.2) is 45.9 Å². The third kappa shape index (κ3) is 5.70. The summed E-state index contributed by atoms with van der Waals surface area (Å²) in [6, 6.07) is 5.34. The predicted octanol–water partition coefficient (Wildman–Crippen LogP) is 3.76. The van der Waals surface area contributed by atoms with E-state index in [2.05, 4.69) is 20.8 Å². The average molecular weight is 394 g/mol. The number of aromatic nitrogens is 2. The van der Waals surface area contributed by atoms with Gasteiger partial charge in [-0.1, -0.05) is 29.2 Å². The number of aryl methyl sites for hydroxylation is 2. The molecule has 1 aromatic heterocycles. The van der Waals surface area contributed by atoms with Crippen molar-refractivity contribution in [3.63, 3.8) is 0 Å². The molecule has 1 aromatic carbocycles. The Labute approximate surface area is 161 Å². The highest BCUT2D eigenvalue weighted by Crippen LogP contribution is 2.26. The van der Waals surface area contributed by atoms with Crippen LogP contribution in [0.5, 0.6) is 0 Å². The molecular weight excluding hydrogens is 370 g/mol. The highest BCUT2D eigenvalue weighted by molar-refractivity contribution is 8.01. The summed E-state index contributed by atoms with van der Waals surface area (Å²) >= 11 is 2.57. The first-order valence-corrected chi connectivity index (χ1v) is 10.1. The summed E-state index contributed by atoms with van der Waals surface area (Å²) in [5, 5.41) is 13.8. The topological polar surface area (TPSA) is 87.2 Å². The van der Waals surface area contributed by atoms with E-state index < -0.39 is 0 Å². The van der Waals surface area contributed by atoms with Crippen molar-refractivity contribution in [1.82, 2.24) is 15.1 Å². The molecule has 7 nitrogen and oxygen atoms in total. The zero-order valence-electron chi connectivity index (χ0n) is 15.3. The van der Waals surface area contributed by atoms with Gasteiger partial charge in [-0.15, -0.1) is 10.2 Å². The van der Waals surface area contributed by atoms with Crippen molar-refractivity contribution in [2.45, 2.75) is 32.0 Å². The van der Waals surface area contributed by atoms with Crippen molar-refractivity contribution < 1.29 is 9.59 Å². The van der Waals surface area contributed by atoms with E-state index in [4.69, 9.17) is 0 Å². The molecule has 3 amide bonds. The van der Waals surface area contributed by atoms with Crippen molar-refractivity contribution in [2.24, 2.45) is 0 Å². The molecule has 0 unspecified atom stereocenters. The van der Waals surface area contributed by atoms with Crippen molar-refractivity contribution in [1.29, 1.82) is 0 Å². The van der Waals surface area contributed by atoms with Crippen LogP contribution in [0.25, 0.3) is 0 Å². The van der Waals surface area contributed by atoms with E-state index in [1.807, 2.05) is 45.9 Å². The highest BCUT2D eigenvalue weighted by Gasteiger charge is 2.13. The van der Waals surface area contributed by atoms with Gasteiger partial charge in [0, 0.05) is 18.8 Å². The minimum atomic E-state index is -0.375. The summed E-state index contributed by atoms with van der Waals surface area (Å²) in [6.45, 7) is 9.30. The number of carbonyl (C=O) groups is 2. The maximum atomic E-state index is 12.1. The Morgan fingerprint density at radius 3 is 2.50 bits per heavy atom. The summed E-state index contributed by atoms with van der Waals surface area (Å²) < 4.78 is 0.645. The van der Waals surface area contributed by atoms with Gasteiger partial charge in [0.2, 0.25) is 11.0 Å². The Bertz CT molecular complexity index is 774. The highest BCUT2D eigenvalue weighted by atomic mass is 32.2. The minimum Gasteiger partial charge on any atom is -0.343 e. The van der Waals surface area contributed by atoms with Gasteiger partial charge in [-0.3, -0.25) is 10.1 Å². The molecule has 140 valence electrons. The van der Waals surface area contributed by atoms with Gasteiger partial charge in [0.15, 0.2) is 4.34 Å². The van der Waals surface area contributed by atoms with Crippen LogP contribution >= 0.6 is 23.1 Å². The smallest absolute Gasteiger partial charge is 0.325 e. The molecule has 0 fully saturated rings. The van der Waals surface area contributed by atoms with E-state index in [1.54, 1.807) is 4.90 Å². The number of urea groups is 1. The van der Waals surface area contributed by atoms with Crippen LogP contribution in [0.4, 0.5) is 15.6 Å². The Morgan fingerprint density at radius 1 is 1.12 bits per heavy atom. The zero-order valence-corrected chi connectivity index (χ0v) is 17.0. The fourth-order valence-corrected chi connectivity index (χ4v) is 3.84. The fraction of sp³-hybridized carbons (Fsp3) is 0.412. The Kier molecular flexibility index (Phi) is 7.40. The lowest BCUT2D eigenvalue weighted by molar-refractivity contribution is -0.127. The standard InChI is InChI=1S/C17H23N5O2S2/c1-5-22(6-2)14(23)10-25-17-21-20-16(26-17)19-15(24)18-13-8-7-11(3)12(4)9-13/h7-9H,5-6,10H2,1-4H3,(H2,18,19,20,24). The van der Waals surface area contributed by atoms with E-state index >= 15 is 0 Å². The SMILES string of the molecule is CCN(CC)C(=O)CSc1nnc(NC(=O)Nc2ccc(C)c(C)c2)s1. The fourth-order valence-electron chi connectivity index (χ4n) is 2.19. The van der Waals surface area contributed by atoms with Crippen LogP contribution in [-0.2, 0) is 4.79 Å². The number of rotatable bonds is 7. The third-order valence-electron chi connectivity index (χ3n) is 3.83. The number of thioether (sulfide) groups is 1. The van der Waals surface area contributed by atoms with Gasteiger partial charge in [-0.2, -0.15) is 0 Å². The second kappa shape index (κ2) is 9.54. The van der Waals surface area contributed by atoms with Crippen LogP contribution in [0.2, 0.25) is 0 Å². The van der Waals surface area contributed by atoms with E-state index in [0.29, 0.717) is 28.3 Å². The second-order valence-corrected chi connectivity index (χ2v) is 7.81. The molecule has 0 aliphatic carbocycles. The molecule has 0 radical (unpaired) electrons. The Morgan fingerprint density at radius 2 is 1.85 bits per heavy atom. The van der Waals surface area contributed by atoms with E-state index in [9.17, 15) is 9.59 Å². The molecule has 26 heavy (non-hydrogen) atoms. The van der Waals surface area contributed by atoms with Crippen molar-refractivity contribution in [2.75, 3.05) is 29.5 Å². The summed E-state index contributed by atoms with van der Waals surface area (Å²) in [4.78, 5) is 25.8. The van der Waals surface area contributed by atoms with Crippen molar-refractivity contribution >= 4 is 45.9 Å². The van der Waals surface area contributed by atoms with Crippen LogP contribution in [0.1, 0.15) is 25.0 Å². The molecule has 2 rings (SSSR count). The first kappa shape index (κ1) is 20.2. The number of amides is 3. The van der Waals surface area contributed by atoms with E-state index in [1.165, 1.54) is 28.7 Å². The molecule has 2 N–H and O–H groups in total. The summed E-state index contributed by atoms with van der Waals surface area (Å²) in [7, 11) is 0. The molecule has 0 atom stereocenters. The molecule has 0 aliphatic heterocycles. The van der Waals surface area contributed by atoms with Crippen LogP contribution < -0.4 is 10.6 Å². The number of hydrogen-bond acceptors (Lipinski definition) is 6. The number of nitrogens with one attached hydrogen (secondary N) is 2. The van der Waals surface area contributed by atoms with Gasteiger partial charge in [-0.25, -0.2) is 4.79 Å². The van der Waals surface area contributed by atoms with Crippen LogP contribution in [0, 0.1) is 13.8 Å². The molecule has 2 aromatic rings. The third-order valence-corrected chi connectivity index (χ3v) is 5.78. The minimum absolute atomic E-state index is 0.0668. The second-order valence-electron chi connectivity index (χ2n) is 5.61. The molecule has 0 bridgehead atoms. The van der Waals surface area contributed by atoms with Crippen molar-refractivity contribution in [3.8, 4) is 0 Å². The van der Waals surface area contributed by atoms with E-state index in [0.717, 1.165) is 11.3 Å². The van der Waals surface area contributed by atoms with Gasteiger partial charge in [0.25, 0.3) is 0 Å². The lowest BCUT2D eigenvalue weighted by atomic mass is 10.1. The van der Waals surface area contributed by atoms with Gasteiger partial charge in [-0.05, 0) is 51.0 Å². The summed E-state index contributed by atoms with van der Waals surface area (Å²) in [5.74, 6) is 0.378. The number of benzene rings is 1. The Balaban J connectivity index is 1.86.